The van der Waals surface area contributed by atoms with Crippen LogP contribution in [0.15, 0.2) is 48.5 Å². The number of nitrogens with zero attached hydrogens (tertiary/aromatic N) is 3. The third-order valence-corrected chi connectivity index (χ3v) is 8.12. The van der Waals surface area contributed by atoms with Gasteiger partial charge in [-0.2, -0.15) is 0 Å². The number of ether oxygens (including phenoxy) is 1. The highest BCUT2D eigenvalue weighted by Crippen LogP contribution is 2.41. The number of benzene rings is 2. The van der Waals surface area contributed by atoms with E-state index < -0.39 is 5.41 Å². The third-order valence-electron chi connectivity index (χ3n) is 8.12. The first-order valence-electron chi connectivity index (χ1n) is 12.5. The summed E-state index contributed by atoms with van der Waals surface area (Å²) in [6.45, 7) is 2.95. The van der Waals surface area contributed by atoms with Crippen LogP contribution in [0.3, 0.4) is 0 Å². The summed E-state index contributed by atoms with van der Waals surface area (Å²) in [5.74, 6) is -0.0404. The number of amides is 3. The SMILES string of the molecule is COc1cccc(C2(CC(=O)N3CCN(C4CCc5ccccc5C4)CC3)CC(=O)N(C)C2=O)c1. The van der Waals surface area contributed by atoms with Gasteiger partial charge in [0.25, 0.3) is 0 Å². The molecule has 0 bridgehead atoms. The fourth-order valence-corrected chi connectivity index (χ4v) is 5.97. The minimum atomic E-state index is -1.18. The Labute approximate surface area is 206 Å². The number of rotatable bonds is 5. The molecule has 0 N–H and O–H groups in total. The molecule has 184 valence electrons. The van der Waals surface area contributed by atoms with Crippen molar-refractivity contribution >= 4 is 17.7 Å². The molecule has 2 atom stereocenters. The predicted molar refractivity (Wildman–Crippen MR) is 132 cm³/mol. The number of carbonyl (C=O) groups excluding carboxylic acids is 3. The quantitative estimate of drug-likeness (QED) is 0.622. The molecule has 2 aromatic carbocycles. The number of carbonyl (C=O) groups is 3. The van der Waals surface area contributed by atoms with Crippen molar-refractivity contribution in [3.63, 3.8) is 0 Å². The zero-order valence-corrected chi connectivity index (χ0v) is 20.5. The van der Waals surface area contributed by atoms with E-state index in [-0.39, 0.29) is 30.6 Å². The molecule has 2 aliphatic heterocycles. The Morgan fingerprint density at radius 1 is 1.03 bits per heavy atom. The molecule has 1 aliphatic carbocycles. The van der Waals surface area contributed by atoms with Gasteiger partial charge in [-0.1, -0.05) is 36.4 Å². The molecular weight excluding hydrogens is 442 g/mol. The van der Waals surface area contributed by atoms with Crippen LogP contribution in [0.2, 0.25) is 0 Å². The summed E-state index contributed by atoms with van der Waals surface area (Å²) < 4.78 is 5.35. The minimum absolute atomic E-state index is 0.00267. The molecule has 3 amide bonds. The maximum atomic E-state index is 13.5. The van der Waals surface area contributed by atoms with Crippen molar-refractivity contribution in [1.29, 1.82) is 0 Å². The van der Waals surface area contributed by atoms with E-state index in [2.05, 4.69) is 29.2 Å². The van der Waals surface area contributed by atoms with Crippen molar-refractivity contribution in [1.82, 2.24) is 14.7 Å². The van der Waals surface area contributed by atoms with Crippen molar-refractivity contribution in [2.75, 3.05) is 40.3 Å². The molecule has 7 nitrogen and oxygen atoms in total. The van der Waals surface area contributed by atoms with E-state index in [9.17, 15) is 14.4 Å². The van der Waals surface area contributed by atoms with E-state index in [0.717, 1.165) is 37.3 Å². The molecule has 35 heavy (non-hydrogen) atoms. The molecule has 3 aliphatic rings. The maximum Gasteiger partial charge on any atom is 0.240 e. The molecule has 0 spiro atoms. The molecule has 5 rings (SSSR count). The topological polar surface area (TPSA) is 70.2 Å². The van der Waals surface area contributed by atoms with Crippen molar-refractivity contribution in [2.45, 2.75) is 43.6 Å². The number of methoxy groups -OCH3 is 1. The first-order valence-corrected chi connectivity index (χ1v) is 12.5. The Morgan fingerprint density at radius 3 is 2.46 bits per heavy atom. The summed E-state index contributed by atoms with van der Waals surface area (Å²) in [7, 11) is 3.06. The Balaban J connectivity index is 1.28. The van der Waals surface area contributed by atoms with Gasteiger partial charge in [0.05, 0.1) is 12.5 Å². The fraction of sp³-hybridized carbons (Fsp3) is 0.464. The average molecular weight is 476 g/mol. The number of aryl methyl sites for hydroxylation is 1. The predicted octanol–water partition coefficient (Wildman–Crippen LogP) is 2.41. The Morgan fingerprint density at radius 2 is 1.77 bits per heavy atom. The number of piperazine rings is 1. The van der Waals surface area contributed by atoms with Gasteiger partial charge in [-0.3, -0.25) is 24.2 Å². The van der Waals surface area contributed by atoms with E-state index in [1.54, 1.807) is 25.3 Å². The summed E-state index contributed by atoms with van der Waals surface area (Å²) >= 11 is 0. The lowest BCUT2D eigenvalue weighted by molar-refractivity contribution is -0.142. The number of hydrogen-bond donors (Lipinski definition) is 0. The van der Waals surface area contributed by atoms with Crippen LogP contribution in [0, 0.1) is 0 Å². The molecule has 2 aromatic rings. The number of likely N-dealkylation sites (tertiary alicyclic amines) is 1. The fourth-order valence-electron chi connectivity index (χ4n) is 5.97. The normalized spacial score (nSPS) is 25.0. The Bertz CT molecular complexity index is 1140. The third kappa shape index (κ3) is 4.33. The molecule has 2 saturated heterocycles. The molecular formula is C28H33N3O4. The highest BCUT2D eigenvalue weighted by Gasteiger charge is 2.53. The van der Waals surface area contributed by atoms with Gasteiger partial charge in [0, 0.05) is 52.1 Å². The molecule has 2 heterocycles. The lowest BCUT2D eigenvalue weighted by Crippen LogP contribution is -2.54. The van der Waals surface area contributed by atoms with Crippen molar-refractivity contribution in [2.24, 2.45) is 0 Å². The van der Waals surface area contributed by atoms with Crippen molar-refractivity contribution in [3.8, 4) is 5.75 Å². The van der Waals surface area contributed by atoms with E-state index in [4.69, 9.17) is 4.74 Å². The average Bonchev–Trinajstić information content (AvgIpc) is 3.12. The first-order chi connectivity index (χ1) is 16.9. The Kier molecular flexibility index (Phi) is 6.36. The van der Waals surface area contributed by atoms with Gasteiger partial charge < -0.3 is 9.64 Å². The zero-order chi connectivity index (χ0) is 24.6. The summed E-state index contributed by atoms with van der Waals surface area (Å²) in [6, 6.07) is 16.4. The van der Waals surface area contributed by atoms with Gasteiger partial charge in [-0.05, 0) is 48.1 Å². The summed E-state index contributed by atoms with van der Waals surface area (Å²) in [5, 5.41) is 0. The van der Waals surface area contributed by atoms with Gasteiger partial charge in [0.2, 0.25) is 17.7 Å². The molecule has 2 unspecified atom stereocenters. The molecule has 0 radical (unpaired) electrons. The summed E-state index contributed by atoms with van der Waals surface area (Å²) in [6.07, 6.45) is 3.31. The van der Waals surface area contributed by atoms with Crippen molar-refractivity contribution < 1.29 is 19.1 Å². The lowest BCUT2D eigenvalue weighted by Gasteiger charge is -2.41. The zero-order valence-electron chi connectivity index (χ0n) is 20.5. The molecule has 7 heteroatoms. The second-order valence-corrected chi connectivity index (χ2v) is 10.0. The summed E-state index contributed by atoms with van der Waals surface area (Å²) in [5.41, 5.74) is 2.38. The highest BCUT2D eigenvalue weighted by molar-refractivity contribution is 6.10. The van der Waals surface area contributed by atoms with Crippen LogP contribution < -0.4 is 4.74 Å². The second kappa shape index (κ2) is 9.46. The molecule has 0 aromatic heterocycles. The molecule has 2 fully saturated rings. The smallest absolute Gasteiger partial charge is 0.240 e. The Hall–Kier alpha value is -3.19. The lowest BCUT2D eigenvalue weighted by atomic mass is 9.75. The number of likely N-dealkylation sites (N-methyl/N-ethyl adjacent to an activating group) is 1. The van der Waals surface area contributed by atoms with Gasteiger partial charge in [0.1, 0.15) is 5.75 Å². The first kappa shape index (κ1) is 23.5. The standard InChI is InChI=1S/C28H33N3O4/c1-29-25(32)18-28(27(29)34,22-8-5-9-24(17-22)35-2)19-26(33)31-14-12-30(13-15-31)23-11-10-20-6-3-4-7-21(20)16-23/h3-9,17,23H,10-16,18-19H2,1-2H3. The van der Waals surface area contributed by atoms with Crippen LogP contribution in [0.4, 0.5) is 0 Å². The van der Waals surface area contributed by atoms with E-state index in [1.807, 2.05) is 11.0 Å². The van der Waals surface area contributed by atoms with Gasteiger partial charge in [-0.25, -0.2) is 0 Å². The van der Waals surface area contributed by atoms with Crippen LogP contribution in [0.1, 0.15) is 36.0 Å². The number of fused-ring (bicyclic) bond motifs is 1. The van der Waals surface area contributed by atoms with Gasteiger partial charge >= 0.3 is 0 Å². The van der Waals surface area contributed by atoms with Crippen LogP contribution in [0.25, 0.3) is 0 Å². The van der Waals surface area contributed by atoms with Crippen LogP contribution in [-0.2, 0) is 32.6 Å². The van der Waals surface area contributed by atoms with E-state index in [0.29, 0.717) is 30.4 Å². The second-order valence-electron chi connectivity index (χ2n) is 10.0. The van der Waals surface area contributed by atoms with Gasteiger partial charge in [-0.15, -0.1) is 0 Å². The number of imide groups is 1. The minimum Gasteiger partial charge on any atom is -0.497 e. The monoisotopic (exact) mass is 475 g/mol. The van der Waals surface area contributed by atoms with Crippen LogP contribution in [0.5, 0.6) is 5.75 Å². The largest absolute Gasteiger partial charge is 0.497 e. The summed E-state index contributed by atoms with van der Waals surface area (Å²) in [4.78, 5) is 44.9. The van der Waals surface area contributed by atoms with Crippen LogP contribution >= 0.6 is 0 Å². The highest BCUT2D eigenvalue weighted by atomic mass is 16.5. The van der Waals surface area contributed by atoms with Crippen molar-refractivity contribution in [3.05, 3.63) is 65.2 Å². The number of hydrogen-bond acceptors (Lipinski definition) is 5. The molecule has 0 saturated carbocycles. The van der Waals surface area contributed by atoms with Gasteiger partial charge in [0.15, 0.2) is 0 Å². The maximum absolute atomic E-state index is 13.5. The van der Waals surface area contributed by atoms with Crippen LogP contribution in [-0.4, -0.2) is 78.8 Å². The van der Waals surface area contributed by atoms with E-state index in [1.165, 1.54) is 18.2 Å². The van der Waals surface area contributed by atoms with E-state index >= 15 is 0 Å².